The molecule has 124 valence electrons. The summed E-state index contributed by atoms with van der Waals surface area (Å²) in [6.07, 6.45) is 3.23. The molecule has 0 bridgehead atoms. The molecule has 5 heteroatoms. The van der Waals surface area contributed by atoms with Crippen molar-refractivity contribution in [1.82, 2.24) is 4.98 Å². The maximum atomic E-state index is 12.5. The first-order valence-electron chi connectivity index (χ1n) is 7.92. The van der Waals surface area contributed by atoms with Gasteiger partial charge in [-0.25, -0.2) is 0 Å². The highest BCUT2D eigenvalue weighted by Gasteiger charge is 2.31. The number of benzene rings is 1. The number of fused-ring (bicyclic) bond motifs is 1. The molecule has 2 rings (SSSR count). The number of hydrogen-bond donors (Lipinski definition) is 1. The third kappa shape index (κ3) is 3.62. The third-order valence-electron chi connectivity index (χ3n) is 4.05. The van der Waals surface area contributed by atoms with E-state index in [1.807, 2.05) is 31.2 Å². The Balaban J connectivity index is 2.37. The van der Waals surface area contributed by atoms with E-state index in [0.717, 1.165) is 23.1 Å². The number of aromatic nitrogens is 1. The number of pyridine rings is 1. The van der Waals surface area contributed by atoms with E-state index < -0.39 is 5.60 Å². The van der Waals surface area contributed by atoms with Gasteiger partial charge in [-0.1, -0.05) is 13.8 Å². The number of hydrogen-bond acceptors (Lipinski definition) is 4. The number of ether oxygens (including phenoxy) is 2. The van der Waals surface area contributed by atoms with Crippen LogP contribution in [0.25, 0.3) is 10.9 Å². The molecule has 1 atom stereocenters. The number of nitrogens with zero attached hydrogens (tertiary/aromatic N) is 1. The highest BCUT2D eigenvalue weighted by atomic mass is 16.5. The lowest BCUT2D eigenvalue weighted by Crippen LogP contribution is -2.41. The average Bonchev–Trinajstić information content (AvgIpc) is 2.60. The molecule has 0 fully saturated rings. The summed E-state index contributed by atoms with van der Waals surface area (Å²) < 4.78 is 11.1. The number of nitrogens with one attached hydrogen (secondary N) is 1. The molecule has 1 amide bonds. The number of carbonyl (C=O) groups excluding carboxylic acids is 1. The first-order chi connectivity index (χ1) is 11.1. The molecule has 1 aromatic carbocycles. The van der Waals surface area contributed by atoms with Crippen LogP contribution in [-0.2, 0) is 9.53 Å². The highest BCUT2D eigenvalue weighted by Crippen LogP contribution is 2.31. The fourth-order valence-electron chi connectivity index (χ4n) is 2.24. The van der Waals surface area contributed by atoms with Crippen LogP contribution in [0.2, 0.25) is 0 Å². The van der Waals surface area contributed by atoms with Gasteiger partial charge >= 0.3 is 0 Å². The lowest BCUT2D eigenvalue weighted by atomic mass is 10.0. The molecule has 0 saturated heterocycles. The zero-order valence-electron chi connectivity index (χ0n) is 14.2. The minimum absolute atomic E-state index is 0.171. The van der Waals surface area contributed by atoms with Gasteiger partial charge in [-0.05, 0) is 44.0 Å². The van der Waals surface area contributed by atoms with Crippen molar-refractivity contribution in [3.05, 3.63) is 30.5 Å². The van der Waals surface area contributed by atoms with E-state index in [1.165, 1.54) is 0 Å². The molecule has 0 aliphatic rings. The van der Waals surface area contributed by atoms with Crippen molar-refractivity contribution in [2.45, 2.75) is 39.2 Å². The molecule has 0 saturated carbocycles. The normalized spacial score (nSPS) is 13.6. The van der Waals surface area contributed by atoms with E-state index in [0.29, 0.717) is 18.7 Å². The van der Waals surface area contributed by atoms with Crippen LogP contribution < -0.4 is 10.1 Å². The first kappa shape index (κ1) is 17.2. The minimum atomic E-state index is -0.855. The molecule has 0 aliphatic carbocycles. The fourth-order valence-corrected chi connectivity index (χ4v) is 2.24. The van der Waals surface area contributed by atoms with Crippen LogP contribution in [-0.4, -0.2) is 30.2 Å². The molecule has 0 aliphatic heterocycles. The Bertz CT molecular complexity index is 681. The van der Waals surface area contributed by atoms with E-state index in [2.05, 4.69) is 17.2 Å². The number of anilines is 1. The number of rotatable bonds is 7. The SMILES string of the molecule is CCCOc1ccc(NC(=O)C(C)(CC)OC)c2cccnc12. The lowest BCUT2D eigenvalue weighted by molar-refractivity contribution is -0.136. The Morgan fingerprint density at radius 3 is 2.74 bits per heavy atom. The zero-order chi connectivity index (χ0) is 16.9. The smallest absolute Gasteiger partial charge is 0.256 e. The summed E-state index contributed by atoms with van der Waals surface area (Å²) in [6.45, 7) is 6.39. The van der Waals surface area contributed by atoms with Crippen LogP contribution in [0.15, 0.2) is 30.5 Å². The topological polar surface area (TPSA) is 60.5 Å². The van der Waals surface area contributed by atoms with E-state index in [4.69, 9.17) is 9.47 Å². The van der Waals surface area contributed by atoms with E-state index >= 15 is 0 Å². The zero-order valence-corrected chi connectivity index (χ0v) is 14.2. The number of carbonyl (C=O) groups is 1. The largest absolute Gasteiger partial charge is 0.491 e. The summed E-state index contributed by atoms with van der Waals surface area (Å²) in [7, 11) is 1.55. The molecular weight excluding hydrogens is 292 g/mol. The van der Waals surface area contributed by atoms with Crippen LogP contribution in [0.4, 0.5) is 5.69 Å². The average molecular weight is 316 g/mol. The first-order valence-corrected chi connectivity index (χ1v) is 7.92. The quantitative estimate of drug-likeness (QED) is 0.844. The molecule has 2 aromatic rings. The number of methoxy groups -OCH3 is 1. The predicted molar refractivity (Wildman–Crippen MR) is 91.9 cm³/mol. The minimum Gasteiger partial charge on any atom is -0.491 e. The van der Waals surface area contributed by atoms with Crippen molar-refractivity contribution < 1.29 is 14.3 Å². The molecule has 1 aromatic heterocycles. The van der Waals surface area contributed by atoms with Crippen molar-refractivity contribution >= 4 is 22.5 Å². The van der Waals surface area contributed by atoms with Gasteiger partial charge in [-0.2, -0.15) is 0 Å². The molecule has 5 nitrogen and oxygen atoms in total. The Morgan fingerprint density at radius 2 is 2.09 bits per heavy atom. The molecule has 0 radical (unpaired) electrons. The Morgan fingerprint density at radius 1 is 1.30 bits per heavy atom. The summed E-state index contributed by atoms with van der Waals surface area (Å²) >= 11 is 0. The Hall–Kier alpha value is -2.14. The summed E-state index contributed by atoms with van der Waals surface area (Å²) in [6, 6.07) is 7.46. The van der Waals surface area contributed by atoms with Crippen LogP contribution in [0.1, 0.15) is 33.6 Å². The summed E-state index contributed by atoms with van der Waals surface area (Å²) in [5.41, 5.74) is 0.597. The predicted octanol–water partition coefficient (Wildman–Crippen LogP) is 3.78. The molecule has 1 heterocycles. The van der Waals surface area contributed by atoms with Gasteiger partial charge in [-0.15, -0.1) is 0 Å². The van der Waals surface area contributed by atoms with Crippen LogP contribution in [0.5, 0.6) is 5.75 Å². The van der Waals surface area contributed by atoms with Crippen molar-refractivity contribution in [3.63, 3.8) is 0 Å². The number of amides is 1. The van der Waals surface area contributed by atoms with Gasteiger partial charge in [0.15, 0.2) is 0 Å². The van der Waals surface area contributed by atoms with Crippen LogP contribution in [0.3, 0.4) is 0 Å². The molecular formula is C18H24N2O3. The van der Waals surface area contributed by atoms with Gasteiger partial charge < -0.3 is 14.8 Å². The van der Waals surface area contributed by atoms with Gasteiger partial charge in [0.05, 0.1) is 12.3 Å². The second-order valence-corrected chi connectivity index (χ2v) is 5.60. The van der Waals surface area contributed by atoms with Crippen molar-refractivity contribution in [2.75, 3.05) is 19.0 Å². The van der Waals surface area contributed by atoms with E-state index in [9.17, 15) is 4.79 Å². The maximum absolute atomic E-state index is 12.5. The maximum Gasteiger partial charge on any atom is 0.256 e. The second kappa shape index (κ2) is 7.42. The van der Waals surface area contributed by atoms with Crippen molar-refractivity contribution in [2.24, 2.45) is 0 Å². The molecule has 1 N–H and O–H groups in total. The van der Waals surface area contributed by atoms with E-state index in [-0.39, 0.29) is 5.91 Å². The summed E-state index contributed by atoms with van der Waals surface area (Å²) in [4.78, 5) is 16.9. The summed E-state index contributed by atoms with van der Waals surface area (Å²) in [5.74, 6) is 0.556. The Kier molecular flexibility index (Phi) is 5.55. The summed E-state index contributed by atoms with van der Waals surface area (Å²) in [5, 5.41) is 3.80. The molecule has 23 heavy (non-hydrogen) atoms. The molecule has 1 unspecified atom stereocenters. The van der Waals surface area contributed by atoms with Gasteiger partial charge in [-0.3, -0.25) is 9.78 Å². The van der Waals surface area contributed by atoms with E-state index in [1.54, 1.807) is 20.2 Å². The van der Waals surface area contributed by atoms with Gasteiger partial charge in [0.1, 0.15) is 16.9 Å². The van der Waals surface area contributed by atoms with Gasteiger partial charge in [0.25, 0.3) is 5.91 Å². The van der Waals surface area contributed by atoms with Crippen molar-refractivity contribution in [3.8, 4) is 5.75 Å². The van der Waals surface area contributed by atoms with Crippen LogP contribution >= 0.6 is 0 Å². The standard InChI is InChI=1S/C18H24N2O3/c1-5-12-23-15-10-9-14(13-8-7-11-19-16(13)15)20-17(21)18(3,6-2)22-4/h7-11H,5-6,12H2,1-4H3,(H,20,21). The molecule has 0 spiro atoms. The van der Waals surface area contributed by atoms with Crippen molar-refractivity contribution in [1.29, 1.82) is 0 Å². The monoisotopic (exact) mass is 316 g/mol. The lowest BCUT2D eigenvalue weighted by Gasteiger charge is -2.25. The van der Waals surface area contributed by atoms with Gasteiger partial charge in [0.2, 0.25) is 0 Å². The third-order valence-corrected chi connectivity index (χ3v) is 4.05. The van der Waals surface area contributed by atoms with Gasteiger partial charge in [0, 0.05) is 18.7 Å². The highest BCUT2D eigenvalue weighted by molar-refractivity contribution is 6.05. The van der Waals surface area contributed by atoms with Crippen LogP contribution in [0, 0.1) is 0 Å². The Labute approximate surface area is 137 Å². The second-order valence-electron chi connectivity index (χ2n) is 5.60. The fraction of sp³-hybridized carbons (Fsp3) is 0.444.